The first-order valence-corrected chi connectivity index (χ1v) is 8.45. The van der Waals surface area contributed by atoms with Crippen molar-refractivity contribution in [3.8, 4) is 0 Å². The van der Waals surface area contributed by atoms with E-state index in [9.17, 15) is 14.7 Å². The second kappa shape index (κ2) is 8.15. The first-order chi connectivity index (χ1) is 11.4. The number of carbonyl (C=O) groups is 2. The van der Waals surface area contributed by atoms with Crippen molar-refractivity contribution in [1.82, 2.24) is 10.6 Å². The van der Waals surface area contributed by atoms with E-state index in [0.717, 1.165) is 31.2 Å². The van der Waals surface area contributed by atoms with Crippen LogP contribution >= 0.6 is 0 Å². The summed E-state index contributed by atoms with van der Waals surface area (Å²) in [6, 6.07) is 6.01. The van der Waals surface area contributed by atoms with Gasteiger partial charge in [-0.15, -0.1) is 0 Å². The average molecular weight is 334 g/mol. The molecule has 1 unspecified atom stereocenters. The molecular formula is C18H26N2O4. The van der Waals surface area contributed by atoms with E-state index in [2.05, 4.69) is 10.6 Å². The van der Waals surface area contributed by atoms with Crippen LogP contribution in [0.25, 0.3) is 0 Å². The highest BCUT2D eigenvalue weighted by atomic mass is 16.4. The molecule has 0 aromatic heterocycles. The Morgan fingerprint density at radius 2 is 1.75 bits per heavy atom. The van der Waals surface area contributed by atoms with E-state index < -0.39 is 11.6 Å². The average Bonchev–Trinajstić information content (AvgIpc) is 2.59. The topological polar surface area (TPSA) is 98.7 Å². The number of hydrogen-bond acceptors (Lipinski definition) is 3. The van der Waals surface area contributed by atoms with Crippen LogP contribution in [0, 0.1) is 5.92 Å². The van der Waals surface area contributed by atoms with Crippen LogP contribution in [0.3, 0.4) is 0 Å². The summed E-state index contributed by atoms with van der Waals surface area (Å²) in [5, 5.41) is 24.8. The molecule has 4 N–H and O–H groups in total. The summed E-state index contributed by atoms with van der Waals surface area (Å²) in [5.41, 5.74) is 0.141. The fourth-order valence-corrected chi connectivity index (χ4v) is 3.14. The number of urea groups is 1. The minimum atomic E-state index is -0.975. The number of nitrogens with one attached hydrogen (secondary N) is 2. The molecule has 0 spiro atoms. The number of aromatic carboxylic acids is 1. The maximum Gasteiger partial charge on any atom is 0.335 e. The SMILES string of the molecule is CC(O)(CNC(=O)NCc1ccc(C(=O)O)cc1)C1CCCCC1. The predicted molar refractivity (Wildman–Crippen MR) is 90.8 cm³/mol. The van der Waals surface area contributed by atoms with E-state index in [4.69, 9.17) is 5.11 Å². The number of carbonyl (C=O) groups excluding carboxylic acids is 1. The van der Waals surface area contributed by atoms with Gasteiger partial charge in [0.2, 0.25) is 0 Å². The van der Waals surface area contributed by atoms with Crippen LogP contribution in [-0.4, -0.2) is 34.4 Å². The molecule has 2 rings (SSSR count). The summed E-state index contributed by atoms with van der Waals surface area (Å²) >= 11 is 0. The largest absolute Gasteiger partial charge is 0.478 e. The lowest BCUT2D eigenvalue weighted by atomic mass is 9.78. The minimum Gasteiger partial charge on any atom is -0.478 e. The van der Waals surface area contributed by atoms with Crippen molar-refractivity contribution in [1.29, 1.82) is 0 Å². The molecule has 1 atom stereocenters. The second-order valence-electron chi connectivity index (χ2n) is 6.73. The number of hydrogen-bond donors (Lipinski definition) is 4. The summed E-state index contributed by atoms with van der Waals surface area (Å²) in [5.74, 6) is -0.743. The zero-order chi connectivity index (χ0) is 17.6. The van der Waals surface area contributed by atoms with Gasteiger partial charge in [-0.05, 0) is 43.4 Å². The van der Waals surface area contributed by atoms with Crippen molar-refractivity contribution in [2.24, 2.45) is 5.92 Å². The van der Waals surface area contributed by atoms with Gasteiger partial charge in [-0.3, -0.25) is 0 Å². The molecule has 1 fully saturated rings. The third kappa shape index (κ3) is 5.23. The first-order valence-electron chi connectivity index (χ1n) is 8.45. The Hall–Kier alpha value is -2.08. The maximum atomic E-state index is 11.9. The fourth-order valence-electron chi connectivity index (χ4n) is 3.14. The molecule has 6 heteroatoms. The van der Waals surface area contributed by atoms with Crippen molar-refractivity contribution in [2.45, 2.75) is 51.2 Å². The molecule has 0 saturated heterocycles. The van der Waals surface area contributed by atoms with E-state index in [1.165, 1.54) is 18.6 Å². The summed E-state index contributed by atoms with van der Waals surface area (Å²) in [6.07, 6.45) is 5.51. The van der Waals surface area contributed by atoms with E-state index in [0.29, 0.717) is 6.54 Å². The number of amides is 2. The van der Waals surface area contributed by atoms with Gasteiger partial charge in [0.25, 0.3) is 0 Å². The van der Waals surface area contributed by atoms with Gasteiger partial charge in [-0.2, -0.15) is 0 Å². The van der Waals surface area contributed by atoms with Gasteiger partial charge in [0.15, 0.2) is 0 Å². The molecule has 1 aliphatic rings. The van der Waals surface area contributed by atoms with E-state index in [1.54, 1.807) is 19.1 Å². The van der Waals surface area contributed by atoms with Crippen LogP contribution in [0.1, 0.15) is 54.9 Å². The maximum absolute atomic E-state index is 11.9. The lowest BCUT2D eigenvalue weighted by Crippen LogP contribution is -2.49. The molecule has 0 bridgehead atoms. The van der Waals surface area contributed by atoms with Crippen LogP contribution in [0.5, 0.6) is 0 Å². The second-order valence-corrected chi connectivity index (χ2v) is 6.73. The van der Waals surface area contributed by atoms with E-state index in [1.807, 2.05) is 0 Å². The minimum absolute atomic E-state index is 0.215. The fraction of sp³-hybridized carbons (Fsp3) is 0.556. The van der Waals surface area contributed by atoms with Gasteiger partial charge in [0, 0.05) is 13.1 Å². The molecule has 132 valence electrons. The lowest BCUT2D eigenvalue weighted by Gasteiger charge is -2.35. The van der Waals surface area contributed by atoms with Crippen LogP contribution < -0.4 is 10.6 Å². The van der Waals surface area contributed by atoms with Crippen molar-refractivity contribution in [2.75, 3.05) is 6.54 Å². The first kappa shape index (κ1) is 18.3. The zero-order valence-electron chi connectivity index (χ0n) is 14.0. The molecule has 0 heterocycles. The Morgan fingerprint density at radius 3 is 2.33 bits per heavy atom. The lowest BCUT2D eigenvalue weighted by molar-refractivity contribution is -0.0130. The van der Waals surface area contributed by atoms with Gasteiger partial charge >= 0.3 is 12.0 Å². The standard InChI is InChI=1S/C18H26N2O4/c1-18(24,15-5-3-2-4-6-15)12-20-17(23)19-11-13-7-9-14(10-8-13)16(21)22/h7-10,15,24H,2-6,11-12H2,1H3,(H,21,22)(H2,19,20,23). The van der Waals surface area contributed by atoms with Crippen LogP contribution in [-0.2, 0) is 6.54 Å². The van der Waals surface area contributed by atoms with Crippen LogP contribution in [0.4, 0.5) is 4.79 Å². The summed E-state index contributed by atoms with van der Waals surface area (Å²) in [6.45, 7) is 2.31. The molecule has 1 aromatic rings. The van der Waals surface area contributed by atoms with E-state index in [-0.39, 0.29) is 24.1 Å². The number of aliphatic hydroxyl groups is 1. The van der Waals surface area contributed by atoms with Gasteiger partial charge < -0.3 is 20.8 Å². The molecule has 1 aromatic carbocycles. The van der Waals surface area contributed by atoms with Crippen LogP contribution in [0.15, 0.2) is 24.3 Å². The van der Waals surface area contributed by atoms with Crippen LogP contribution in [0.2, 0.25) is 0 Å². The number of rotatable bonds is 6. The molecule has 1 aliphatic carbocycles. The molecule has 2 amide bonds. The Bertz CT molecular complexity index is 563. The summed E-state index contributed by atoms with van der Waals surface area (Å²) in [7, 11) is 0. The van der Waals surface area contributed by atoms with Crippen molar-refractivity contribution >= 4 is 12.0 Å². The molecule has 0 radical (unpaired) electrons. The zero-order valence-corrected chi connectivity index (χ0v) is 14.0. The number of carboxylic acid groups (broad SMARTS) is 1. The monoisotopic (exact) mass is 334 g/mol. The Labute approximate surface area is 142 Å². The van der Waals surface area contributed by atoms with Gasteiger partial charge in [-0.25, -0.2) is 9.59 Å². The van der Waals surface area contributed by atoms with Gasteiger partial charge in [-0.1, -0.05) is 31.4 Å². The predicted octanol–water partition coefficient (Wildman–Crippen LogP) is 2.52. The van der Waals surface area contributed by atoms with Crippen molar-refractivity contribution in [3.05, 3.63) is 35.4 Å². The Balaban J connectivity index is 1.75. The summed E-state index contributed by atoms with van der Waals surface area (Å²) < 4.78 is 0. The number of benzene rings is 1. The highest BCUT2D eigenvalue weighted by molar-refractivity contribution is 5.87. The van der Waals surface area contributed by atoms with Crippen molar-refractivity contribution < 1.29 is 19.8 Å². The molecule has 6 nitrogen and oxygen atoms in total. The van der Waals surface area contributed by atoms with Gasteiger partial charge in [0.05, 0.1) is 11.2 Å². The molecule has 1 saturated carbocycles. The molecule has 24 heavy (non-hydrogen) atoms. The van der Waals surface area contributed by atoms with E-state index >= 15 is 0 Å². The quantitative estimate of drug-likeness (QED) is 0.642. The van der Waals surface area contributed by atoms with Gasteiger partial charge in [0.1, 0.15) is 0 Å². The van der Waals surface area contributed by atoms with Crippen molar-refractivity contribution in [3.63, 3.8) is 0 Å². The number of carboxylic acids is 1. The molecule has 0 aliphatic heterocycles. The normalized spacial score (nSPS) is 17.8. The highest BCUT2D eigenvalue weighted by Crippen LogP contribution is 2.32. The third-order valence-electron chi connectivity index (χ3n) is 4.75. The summed E-state index contributed by atoms with van der Waals surface area (Å²) in [4.78, 5) is 22.7. The highest BCUT2D eigenvalue weighted by Gasteiger charge is 2.32. The third-order valence-corrected chi connectivity index (χ3v) is 4.75. The Kier molecular flexibility index (Phi) is 6.20. The smallest absolute Gasteiger partial charge is 0.335 e. The molecular weight excluding hydrogens is 308 g/mol. The Morgan fingerprint density at radius 1 is 1.12 bits per heavy atom.